The van der Waals surface area contributed by atoms with Gasteiger partial charge >= 0.3 is 18.3 Å². The maximum Gasteiger partial charge on any atom is 0.420 e. The molecule has 13 nitrogen and oxygen atoms in total. The number of oxazole rings is 1. The molecule has 0 aliphatic carbocycles. The molecule has 1 saturated heterocycles. The van der Waals surface area contributed by atoms with Crippen molar-refractivity contribution < 1.29 is 31.5 Å². The zero-order valence-electron chi connectivity index (χ0n) is 24.4. The van der Waals surface area contributed by atoms with E-state index < -0.39 is 29.5 Å². The Kier molecular flexibility index (Phi) is 7.72. The van der Waals surface area contributed by atoms with Crippen LogP contribution in [0, 0.1) is 5.82 Å². The van der Waals surface area contributed by atoms with E-state index >= 15 is 4.39 Å². The second-order valence-electron chi connectivity index (χ2n) is 11.3. The largest absolute Gasteiger partial charge is 0.444 e. The van der Waals surface area contributed by atoms with Crippen LogP contribution in [0.5, 0.6) is 0 Å². The fourth-order valence-corrected chi connectivity index (χ4v) is 4.74. The molecule has 234 valence electrons. The molecule has 1 aliphatic heterocycles. The summed E-state index contributed by atoms with van der Waals surface area (Å²) >= 11 is 0. The lowest BCUT2D eigenvalue weighted by molar-refractivity contribution is 0.0240. The third kappa shape index (κ3) is 6.34. The summed E-state index contributed by atoms with van der Waals surface area (Å²) in [6, 6.07) is 5.68. The summed E-state index contributed by atoms with van der Waals surface area (Å²) in [4.78, 5) is 41.6. The van der Waals surface area contributed by atoms with Crippen LogP contribution in [0.3, 0.4) is 0 Å². The van der Waals surface area contributed by atoms with Gasteiger partial charge in [0.2, 0.25) is 11.8 Å². The lowest BCUT2D eigenvalue weighted by Gasteiger charge is -2.35. The van der Waals surface area contributed by atoms with Crippen molar-refractivity contribution in [2.24, 2.45) is 0 Å². The quantitative estimate of drug-likeness (QED) is 0.260. The topological polar surface area (TPSA) is 146 Å². The number of aromatic nitrogens is 6. The van der Waals surface area contributed by atoms with Crippen molar-refractivity contribution in [3.8, 4) is 22.6 Å². The van der Waals surface area contributed by atoms with Crippen LogP contribution in [0.1, 0.15) is 38.8 Å². The molecule has 45 heavy (non-hydrogen) atoms. The summed E-state index contributed by atoms with van der Waals surface area (Å²) in [5, 5.41) is 6.87. The van der Waals surface area contributed by atoms with Crippen LogP contribution < -0.4 is 10.7 Å². The second-order valence-corrected chi connectivity index (χ2v) is 11.3. The Balaban J connectivity index is 1.15. The number of alkyl halides is 2. The number of carbonyl (C=O) groups excluding carboxylic acids is 1. The molecule has 0 bridgehead atoms. The highest BCUT2D eigenvalue weighted by atomic mass is 19.3. The van der Waals surface area contributed by atoms with Crippen molar-refractivity contribution in [2.45, 2.75) is 39.3 Å². The number of pyridine rings is 1. The number of hydrogen-bond donors (Lipinski definition) is 0. The highest BCUT2D eigenvalue weighted by Gasteiger charge is 2.27. The van der Waals surface area contributed by atoms with E-state index in [-0.39, 0.29) is 35.2 Å². The first-order chi connectivity index (χ1) is 21.4. The normalized spacial score (nSPS) is 14.0. The molecule has 1 aromatic carbocycles. The molecular formula is C29H27F3N8O5. The number of carbonyl (C=O) groups is 1. The molecule has 6 rings (SSSR count). The van der Waals surface area contributed by atoms with E-state index in [0.29, 0.717) is 48.9 Å². The highest BCUT2D eigenvalue weighted by molar-refractivity contribution is 5.81. The van der Waals surface area contributed by atoms with E-state index in [1.54, 1.807) is 11.0 Å². The van der Waals surface area contributed by atoms with Gasteiger partial charge in [0, 0.05) is 62.0 Å². The van der Waals surface area contributed by atoms with Crippen LogP contribution in [0.4, 0.5) is 23.9 Å². The molecule has 1 amide bonds. The SMILES string of the molecule is CC(C)(C)OC(=O)N1CCN(c2ncc(-c3cc4oc(=O)n(Cc5ccc(-c6nnc(C(F)F)o6)cn5)c4cc3F)cn2)CC1. The van der Waals surface area contributed by atoms with Gasteiger partial charge in [-0.05, 0) is 39.0 Å². The predicted octanol–water partition coefficient (Wildman–Crippen LogP) is 4.68. The molecule has 5 aromatic rings. The number of amides is 1. The van der Waals surface area contributed by atoms with Crippen molar-refractivity contribution in [2.75, 3.05) is 31.1 Å². The third-order valence-corrected chi connectivity index (χ3v) is 6.94. The number of benzene rings is 1. The van der Waals surface area contributed by atoms with Gasteiger partial charge in [-0.3, -0.25) is 9.55 Å². The van der Waals surface area contributed by atoms with Crippen LogP contribution in [0.15, 0.2) is 56.5 Å². The average Bonchev–Trinajstić information content (AvgIpc) is 3.62. The molecule has 1 fully saturated rings. The Labute approximate surface area is 253 Å². The summed E-state index contributed by atoms with van der Waals surface area (Å²) in [5.41, 5.74) is 1.05. The first kappa shape index (κ1) is 29.8. The van der Waals surface area contributed by atoms with Gasteiger partial charge in [0.1, 0.15) is 11.4 Å². The van der Waals surface area contributed by atoms with E-state index in [4.69, 9.17) is 13.6 Å². The summed E-state index contributed by atoms with van der Waals surface area (Å²) < 4.78 is 57.8. The van der Waals surface area contributed by atoms with Crippen molar-refractivity contribution >= 4 is 23.1 Å². The smallest absolute Gasteiger partial charge is 0.420 e. The standard InChI is InChI=1S/C29H27F3N8O5/c1-29(2,3)45-27(41)39-8-6-38(7-9-39)26-34-13-17(14-35-26)19-10-22-21(11-20(19)30)40(28(42)43-22)15-18-5-4-16(12-33-18)24-36-37-25(44-24)23(31)32/h4-5,10-14,23H,6-9,15H2,1-3H3. The summed E-state index contributed by atoms with van der Waals surface area (Å²) in [7, 11) is 0. The van der Waals surface area contributed by atoms with E-state index in [0.717, 1.165) is 0 Å². The van der Waals surface area contributed by atoms with Gasteiger partial charge in [-0.25, -0.2) is 23.9 Å². The minimum atomic E-state index is -2.90. The minimum absolute atomic E-state index is 0.0456. The van der Waals surface area contributed by atoms with Gasteiger partial charge in [-0.15, -0.1) is 10.2 Å². The molecule has 0 radical (unpaired) electrons. The maximum absolute atomic E-state index is 15.4. The van der Waals surface area contributed by atoms with E-state index in [1.807, 2.05) is 25.7 Å². The van der Waals surface area contributed by atoms with Gasteiger partial charge in [-0.1, -0.05) is 0 Å². The van der Waals surface area contributed by atoms with Crippen LogP contribution >= 0.6 is 0 Å². The van der Waals surface area contributed by atoms with Crippen molar-refractivity contribution in [3.05, 3.63) is 70.8 Å². The number of fused-ring (bicyclic) bond motifs is 1. The molecule has 5 heterocycles. The number of nitrogens with zero attached hydrogens (tertiary/aromatic N) is 8. The molecule has 0 saturated carbocycles. The number of piperazine rings is 1. The Morgan fingerprint density at radius 1 is 0.978 bits per heavy atom. The fraction of sp³-hybridized carbons (Fsp3) is 0.345. The van der Waals surface area contributed by atoms with E-state index in [2.05, 4.69) is 25.1 Å². The molecule has 0 atom stereocenters. The maximum atomic E-state index is 15.4. The Hall–Kier alpha value is -5.28. The fourth-order valence-electron chi connectivity index (χ4n) is 4.74. The van der Waals surface area contributed by atoms with Crippen LogP contribution in [0.25, 0.3) is 33.7 Å². The van der Waals surface area contributed by atoms with Gasteiger partial charge in [0.15, 0.2) is 5.58 Å². The van der Waals surface area contributed by atoms with Gasteiger partial charge in [-0.2, -0.15) is 8.78 Å². The lowest BCUT2D eigenvalue weighted by Crippen LogP contribution is -2.50. The van der Waals surface area contributed by atoms with Crippen molar-refractivity contribution in [1.29, 1.82) is 0 Å². The van der Waals surface area contributed by atoms with Crippen molar-refractivity contribution in [3.63, 3.8) is 0 Å². The summed E-state index contributed by atoms with van der Waals surface area (Å²) in [6.07, 6.45) is 1.05. The molecule has 16 heteroatoms. The van der Waals surface area contributed by atoms with E-state index in [9.17, 15) is 18.4 Å². The number of anilines is 1. The summed E-state index contributed by atoms with van der Waals surface area (Å²) in [6.45, 7) is 7.31. The van der Waals surface area contributed by atoms with E-state index in [1.165, 1.54) is 41.4 Å². The molecule has 0 spiro atoms. The van der Waals surface area contributed by atoms with Gasteiger partial charge < -0.3 is 23.4 Å². The first-order valence-corrected chi connectivity index (χ1v) is 13.9. The Bertz CT molecular complexity index is 1890. The van der Waals surface area contributed by atoms with Gasteiger partial charge in [0.25, 0.3) is 5.89 Å². The number of ether oxygens (including phenoxy) is 1. The monoisotopic (exact) mass is 624 g/mol. The van der Waals surface area contributed by atoms with Gasteiger partial charge in [0.05, 0.1) is 23.3 Å². The van der Waals surface area contributed by atoms with Crippen molar-refractivity contribution in [1.82, 2.24) is 34.6 Å². The molecule has 1 aliphatic rings. The Morgan fingerprint density at radius 2 is 1.69 bits per heavy atom. The first-order valence-electron chi connectivity index (χ1n) is 13.9. The molecule has 0 N–H and O–H groups in total. The highest BCUT2D eigenvalue weighted by Crippen LogP contribution is 2.28. The predicted molar refractivity (Wildman–Crippen MR) is 153 cm³/mol. The lowest BCUT2D eigenvalue weighted by atomic mass is 10.1. The number of halogens is 3. The molecule has 0 unspecified atom stereocenters. The number of rotatable bonds is 6. The zero-order valence-corrected chi connectivity index (χ0v) is 24.4. The second kappa shape index (κ2) is 11.7. The molecule has 4 aromatic heterocycles. The van der Waals surface area contributed by atoms with Crippen LogP contribution in [0.2, 0.25) is 0 Å². The minimum Gasteiger partial charge on any atom is -0.444 e. The van der Waals surface area contributed by atoms with Crippen LogP contribution in [-0.2, 0) is 11.3 Å². The third-order valence-electron chi connectivity index (χ3n) is 6.94. The molecular weight excluding hydrogens is 597 g/mol. The van der Waals surface area contributed by atoms with Crippen LogP contribution in [-0.4, -0.2) is 72.5 Å². The average molecular weight is 625 g/mol. The summed E-state index contributed by atoms with van der Waals surface area (Å²) in [5.74, 6) is -1.82. The number of hydrogen-bond acceptors (Lipinski definition) is 11. The zero-order chi connectivity index (χ0) is 31.9. The Morgan fingerprint density at radius 3 is 2.31 bits per heavy atom.